The number of halogens is 1. The maximum absolute atomic E-state index is 5.06. The van der Waals surface area contributed by atoms with Gasteiger partial charge in [-0.15, -0.1) is 24.0 Å². The highest BCUT2D eigenvalue weighted by molar-refractivity contribution is 14.0. The lowest BCUT2D eigenvalue weighted by molar-refractivity contribution is 0.376. The van der Waals surface area contributed by atoms with Gasteiger partial charge >= 0.3 is 0 Å². The van der Waals surface area contributed by atoms with Crippen molar-refractivity contribution in [3.8, 4) is 0 Å². The zero-order chi connectivity index (χ0) is 16.7. The Morgan fingerprint density at radius 2 is 2.08 bits per heavy atom. The predicted octanol–water partition coefficient (Wildman–Crippen LogP) is 1.95. The van der Waals surface area contributed by atoms with Crippen LogP contribution < -0.4 is 10.6 Å². The van der Waals surface area contributed by atoms with Crippen LogP contribution in [-0.2, 0) is 13.1 Å². The summed E-state index contributed by atoms with van der Waals surface area (Å²) in [6.45, 7) is 10.8. The molecule has 0 fully saturated rings. The summed E-state index contributed by atoms with van der Waals surface area (Å²) in [6, 6.07) is 2.09. The Kier molecular flexibility index (Phi) is 8.72. The molecule has 2 N–H and O–H groups in total. The topological polar surface area (TPSA) is 93.2 Å². The number of aromatic nitrogens is 4. The van der Waals surface area contributed by atoms with E-state index in [9.17, 15) is 0 Å². The van der Waals surface area contributed by atoms with Crippen LogP contribution in [0.5, 0.6) is 0 Å². The molecule has 0 bridgehead atoms. The van der Waals surface area contributed by atoms with E-state index in [0.29, 0.717) is 18.3 Å². The standard InChI is InChI=1S/C15H25N7O.HI/c1-5-16-15(18-10-14-19-13(4)21-23-14)17-7-6-8-22-12(3)9-11(2)20-22;/h9H,5-8,10H2,1-4H3,(H2,16,17,18);1H. The van der Waals surface area contributed by atoms with Crippen LogP contribution in [0.15, 0.2) is 15.6 Å². The first-order valence-electron chi connectivity index (χ1n) is 7.91. The van der Waals surface area contributed by atoms with Crippen LogP contribution in [0.3, 0.4) is 0 Å². The average molecular weight is 447 g/mol. The third kappa shape index (κ3) is 6.46. The SMILES string of the molecule is CCNC(=NCc1nc(C)no1)NCCCn1nc(C)cc1C.I. The summed E-state index contributed by atoms with van der Waals surface area (Å²) >= 11 is 0. The average Bonchev–Trinajstić information content (AvgIpc) is 3.06. The third-order valence-electron chi connectivity index (χ3n) is 3.23. The van der Waals surface area contributed by atoms with E-state index in [1.54, 1.807) is 6.92 Å². The summed E-state index contributed by atoms with van der Waals surface area (Å²) < 4.78 is 7.09. The second-order valence-corrected chi connectivity index (χ2v) is 5.36. The van der Waals surface area contributed by atoms with Crippen molar-refractivity contribution in [1.29, 1.82) is 0 Å². The number of hydrogen-bond acceptors (Lipinski definition) is 5. The van der Waals surface area contributed by atoms with E-state index in [0.717, 1.165) is 37.7 Å². The summed E-state index contributed by atoms with van der Waals surface area (Å²) in [5.41, 5.74) is 2.25. The fourth-order valence-corrected chi connectivity index (χ4v) is 2.23. The van der Waals surface area contributed by atoms with Gasteiger partial charge in [-0.05, 0) is 40.2 Å². The van der Waals surface area contributed by atoms with E-state index < -0.39 is 0 Å². The lowest BCUT2D eigenvalue weighted by Crippen LogP contribution is -2.38. The van der Waals surface area contributed by atoms with Crippen molar-refractivity contribution >= 4 is 29.9 Å². The number of guanidine groups is 1. The van der Waals surface area contributed by atoms with Crippen LogP contribution in [0, 0.1) is 20.8 Å². The summed E-state index contributed by atoms with van der Waals surface area (Å²) in [5.74, 6) is 1.89. The van der Waals surface area contributed by atoms with Crippen molar-refractivity contribution in [3.63, 3.8) is 0 Å². The molecule has 0 spiro atoms. The van der Waals surface area contributed by atoms with Crippen molar-refractivity contribution in [2.45, 2.75) is 47.2 Å². The van der Waals surface area contributed by atoms with Crippen LogP contribution in [0.4, 0.5) is 0 Å². The van der Waals surface area contributed by atoms with E-state index in [-0.39, 0.29) is 24.0 Å². The van der Waals surface area contributed by atoms with Gasteiger partial charge in [0.1, 0.15) is 6.54 Å². The number of aliphatic imine (C=N–C) groups is 1. The van der Waals surface area contributed by atoms with Gasteiger partial charge in [-0.25, -0.2) is 4.99 Å². The molecule has 24 heavy (non-hydrogen) atoms. The molecule has 2 heterocycles. The van der Waals surface area contributed by atoms with E-state index in [2.05, 4.69) is 43.9 Å². The Morgan fingerprint density at radius 1 is 1.29 bits per heavy atom. The van der Waals surface area contributed by atoms with Gasteiger partial charge in [0.05, 0.1) is 5.69 Å². The number of nitrogens with one attached hydrogen (secondary N) is 2. The van der Waals surface area contributed by atoms with Gasteiger partial charge in [0.15, 0.2) is 11.8 Å². The molecule has 0 aliphatic carbocycles. The molecule has 2 aromatic rings. The van der Waals surface area contributed by atoms with Crippen LogP contribution >= 0.6 is 24.0 Å². The highest BCUT2D eigenvalue weighted by Gasteiger charge is 2.04. The minimum atomic E-state index is 0. The van der Waals surface area contributed by atoms with E-state index in [4.69, 9.17) is 4.52 Å². The van der Waals surface area contributed by atoms with Crippen molar-refractivity contribution in [2.75, 3.05) is 13.1 Å². The van der Waals surface area contributed by atoms with Gasteiger partial charge in [-0.2, -0.15) is 10.1 Å². The van der Waals surface area contributed by atoms with Crippen molar-refractivity contribution in [1.82, 2.24) is 30.6 Å². The van der Waals surface area contributed by atoms with Crippen LogP contribution in [0.25, 0.3) is 0 Å². The van der Waals surface area contributed by atoms with Crippen molar-refractivity contribution in [2.24, 2.45) is 4.99 Å². The second-order valence-electron chi connectivity index (χ2n) is 5.36. The smallest absolute Gasteiger partial charge is 0.248 e. The monoisotopic (exact) mass is 447 g/mol. The van der Waals surface area contributed by atoms with E-state index in [1.807, 2.05) is 18.5 Å². The molecule has 0 unspecified atom stereocenters. The van der Waals surface area contributed by atoms with Crippen molar-refractivity contribution < 1.29 is 4.52 Å². The van der Waals surface area contributed by atoms with Gasteiger partial charge in [0.25, 0.3) is 0 Å². The lowest BCUT2D eigenvalue weighted by Gasteiger charge is -2.11. The van der Waals surface area contributed by atoms with Gasteiger partial charge in [0, 0.05) is 25.3 Å². The van der Waals surface area contributed by atoms with Crippen LogP contribution in [0.1, 0.15) is 36.4 Å². The zero-order valence-corrected chi connectivity index (χ0v) is 17.0. The molecular weight excluding hydrogens is 421 g/mol. The van der Waals surface area contributed by atoms with Crippen LogP contribution in [0.2, 0.25) is 0 Å². The Labute approximate surface area is 159 Å². The summed E-state index contributed by atoms with van der Waals surface area (Å²) in [6.07, 6.45) is 0.964. The molecular formula is C15H26IN7O. The maximum atomic E-state index is 5.06. The van der Waals surface area contributed by atoms with Crippen molar-refractivity contribution in [3.05, 3.63) is 29.2 Å². The molecule has 0 saturated heterocycles. The summed E-state index contributed by atoms with van der Waals surface area (Å²) in [5, 5.41) is 14.7. The lowest BCUT2D eigenvalue weighted by atomic mass is 10.4. The van der Waals surface area contributed by atoms with E-state index in [1.165, 1.54) is 5.69 Å². The van der Waals surface area contributed by atoms with Gasteiger partial charge in [-0.1, -0.05) is 5.16 Å². The molecule has 0 saturated carbocycles. The first-order valence-corrected chi connectivity index (χ1v) is 7.91. The molecule has 0 aliphatic rings. The number of hydrogen-bond donors (Lipinski definition) is 2. The summed E-state index contributed by atoms with van der Waals surface area (Å²) in [4.78, 5) is 8.58. The second kappa shape index (κ2) is 10.3. The maximum Gasteiger partial charge on any atom is 0.248 e. The third-order valence-corrected chi connectivity index (χ3v) is 3.23. The first kappa shape index (κ1) is 20.4. The van der Waals surface area contributed by atoms with Gasteiger partial charge in [-0.3, -0.25) is 4.68 Å². The number of aryl methyl sites for hydroxylation is 4. The molecule has 9 heteroatoms. The molecule has 0 aromatic carbocycles. The fourth-order valence-electron chi connectivity index (χ4n) is 2.23. The largest absolute Gasteiger partial charge is 0.357 e. The Bertz CT molecular complexity index is 650. The van der Waals surface area contributed by atoms with E-state index >= 15 is 0 Å². The number of nitrogens with zero attached hydrogens (tertiary/aromatic N) is 5. The fraction of sp³-hybridized carbons (Fsp3) is 0.600. The Hall–Kier alpha value is -1.65. The molecule has 2 rings (SSSR count). The molecule has 0 aliphatic heterocycles. The molecule has 0 radical (unpaired) electrons. The van der Waals surface area contributed by atoms with Crippen LogP contribution in [-0.4, -0.2) is 39.0 Å². The summed E-state index contributed by atoms with van der Waals surface area (Å²) in [7, 11) is 0. The Morgan fingerprint density at radius 3 is 2.67 bits per heavy atom. The molecule has 134 valence electrons. The molecule has 0 amide bonds. The number of rotatable bonds is 7. The zero-order valence-electron chi connectivity index (χ0n) is 14.7. The minimum Gasteiger partial charge on any atom is -0.357 e. The molecule has 0 atom stereocenters. The Balaban J connectivity index is 0.00000288. The predicted molar refractivity (Wildman–Crippen MR) is 104 cm³/mol. The minimum absolute atomic E-state index is 0. The highest BCUT2D eigenvalue weighted by Crippen LogP contribution is 2.02. The normalized spacial score (nSPS) is 11.2. The first-order chi connectivity index (χ1) is 11.1. The highest BCUT2D eigenvalue weighted by atomic mass is 127. The quantitative estimate of drug-likeness (QED) is 0.292. The van der Waals surface area contributed by atoms with Gasteiger partial charge in [0.2, 0.25) is 5.89 Å². The van der Waals surface area contributed by atoms with Gasteiger partial charge < -0.3 is 15.2 Å². The molecule has 2 aromatic heterocycles. The molecule has 8 nitrogen and oxygen atoms in total.